The van der Waals surface area contributed by atoms with Crippen molar-refractivity contribution >= 4 is 27.9 Å². The molecule has 0 fully saturated rings. The fourth-order valence-corrected chi connectivity index (χ4v) is 7.09. The predicted molar refractivity (Wildman–Crippen MR) is 139 cm³/mol. The molecular weight excluding hydrogens is 446 g/mol. The van der Waals surface area contributed by atoms with E-state index in [9.17, 15) is 8.42 Å². The number of allylic oxidation sites excluding steroid dienone is 2. The second kappa shape index (κ2) is 10.4. The highest BCUT2D eigenvalue weighted by molar-refractivity contribution is 8.00. The van der Waals surface area contributed by atoms with Crippen LogP contribution in [0.5, 0.6) is 0 Å². The van der Waals surface area contributed by atoms with Gasteiger partial charge in [0, 0.05) is 11.6 Å². The van der Waals surface area contributed by atoms with Crippen molar-refractivity contribution in [3.8, 4) is 0 Å². The van der Waals surface area contributed by atoms with Gasteiger partial charge in [-0.3, -0.25) is 4.31 Å². The average molecular weight is 476 g/mol. The van der Waals surface area contributed by atoms with Crippen molar-refractivity contribution in [2.24, 2.45) is 0 Å². The number of thioether (sulfide) groups is 1. The maximum absolute atomic E-state index is 13.9. The molecule has 0 N–H and O–H groups in total. The van der Waals surface area contributed by atoms with E-state index < -0.39 is 10.0 Å². The van der Waals surface area contributed by atoms with Crippen LogP contribution in [0, 0.1) is 6.92 Å². The van der Waals surface area contributed by atoms with Crippen LogP contribution in [-0.4, -0.2) is 23.8 Å². The molecule has 1 heterocycles. The van der Waals surface area contributed by atoms with E-state index in [1.165, 1.54) is 5.56 Å². The lowest BCUT2D eigenvalue weighted by atomic mass is 9.92. The van der Waals surface area contributed by atoms with Crippen molar-refractivity contribution in [2.75, 3.05) is 5.75 Å². The lowest BCUT2D eigenvalue weighted by Crippen LogP contribution is -2.41. The highest BCUT2D eigenvalue weighted by atomic mass is 32.2. The highest BCUT2D eigenvalue weighted by Crippen LogP contribution is 2.41. The van der Waals surface area contributed by atoms with Crippen molar-refractivity contribution in [3.05, 3.63) is 119 Å². The van der Waals surface area contributed by atoms with Crippen LogP contribution < -0.4 is 0 Å². The summed E-state index contributed by atoms with van der Waals surface area (Å²) in [4.78, 5) is 0.326. The normalized spacial score (nSPS) is 19.0. The van der Waals surface area contributed by atoms with Gasteiger partial charge in [0.25, 0.3) is 10.0 Å². The largest absolute Gasteiger partial charge is 0.265 e. The molecule has 4 rings (SSSR count). The van der Waals surface area contributed by atoms with Crippen LogP contribution in [0.1, 0.15) is 36.0 Å². The number of hydrogen-bond acceptors (Lipinski definition) is 3. The smallest absolute Gasteiger partial charge is 0.254 e. The predicted octanol–water partition coefficient (Wildman–Crippen LogP) is 6.85. The van der Waals surface area contributed by atoms with Gasteiger partial charge < -0.3 is 0 Å². The quantitative estimate of drug-likeness (QED) is 0.375. The molecule has 170 valence electrons. The molecule has 5 heteroatoms. The molecule has 0 bridgehead atoms. The maximum Gasteiger partial charge on any atom is 0.265 e. The van der Waals surface area contributed by atoms with E-state index in [2.05, 4.69) is 25.1 Å². The van der Waals surface area contributed by atoms with Gasteiger partial charge in [-0.25, -0.2) is 8.42 Å². The maximum atomic E-state index is 13.9. The number of nitrogens with zero attached hydrogens (tertiary/aromatic N) is 1. The highest BCUT2D eigenvalue weighted by Gasteiger charge is 2.37. The van der Waals surface area contributed by atoms with Crippen LogP contribution in [0.15, 0.2) is 108 Å². The monoisotopic (exact) mass is 475 g/mol. The van der Waals surface area contributed by atoms with Crippen molar-refractivity contribution < 1.29 is 8.42 Å². The summed E-state index contributed by atoms with van der Waals surface area (Å²) in [5, 5.41) is -0.188. The first kappa shape index (κ1) is 23.4. The Morgan fingerprint density at radius 1 is 0.909 bits per heavy atom. The minimum Gasteiger partial charge on any atom is -0.254 e. The molecule has 0 amide bonds. The van der Waals surface area contributed by atoms with Crippen LogP contribution in [0.3, 0.4) is 0 Å². The number of aryl methyl sites for hydroxylation is 1. The van der Waals surface area contributed by atoms with Gasteiger partial charge in [0.05, 0.1) is 10.3 Å². The molecule has 3 nitrogen and oxygen atoms in total. The molecule has 0 saturated carbocycles. The van der Waals surface area contributed by atoms with Crippen molar-refractivity contribution in [1.29, 1.82) is 0 Å². The third-order valence-corrected chi connectivity index (χ3v) is 8.86. The average Bonchev–Trinajstić information content (AvgIpc) is 2.84. The first-order valence-corrected chi connectivity index (χ1v) is 13.7. The molecule has 0 aliphatic carbocycles. The molecule has 1 aliphatic rings. The molecule has 0 aromatic heterocycles. The summed E-state index contributed by atoms with van der Waals surface area (Å²) in [6, 6.07) is 27.5. The third-order valence-electron chi connectivity index (χ3n) is 5.75. The van der Waals surface area contributed by atoms with E-state index >= 15 is 0 Å². The Bertz CT molecular complexity index is 1220. The van der Waals surface area contributed by atoms with Gasteiger partial charge in [-0.1, -0.05) is 97.4 Å². The molecule has 0 unspecified atom stereocenters. The number of benzene rings is 3. The fourth-order valence-electron chi connectivity index (χ4n) is 4.08. The molecule has 0 radical (unpaired) electrons. The van der Waals surface area contributed by atoms with Gasteiger partial charge in [0.2, 0.25) is 0 Å². The van der Waals surface area contributed by atoms with Crippen LogP contribution >= 0.6 is 11.8 Å². The lowest BCUT2D eigenvalue weighted by molar-refractivity contribution is 0.417. The number of sulfonamides is 1. The Kier molecular flexibility index (Phi) is 7.41. The molecule has 3 aromatic rings. The summed E-state index contributed by atoms with van der Waals surface area (Å²) in [7, 11) is -3.72. The van der Waals surface area contributed by atoms with E-state index in [-0.39, 0.29) is 11.3 Å². The SMILES string of the molecule is CCS[C@@H]1C[C@H](c2ccccc2)C=C(/C=C\c2ccccc2)N1S(=O)(=O)c1ccc(C)cc1. The molecular formula is C28H29NO2S2. The molecule has 0 spiro atoms. The van der Waals surface area contributed by atoms with E-state index in [4.69, 9.17) is 0 Å². The summed E-state index contributed by atoms with van der Waals surface area (Å²) in [6.07, 6.45) is 6.77. The first-order valence-electron chi connectivity index (χ1n) is 11.2. The van der Waals surface area contributed by atoms with Gasteiger partial charge >= 0.3 is 0 Å². The third kappa shape index (κ3) is 5.43. The van der Waals surface area contributed by atoms with Crippen molar-refractivity contribution in [2.45, 2.75) is 36.5 Å². The molecule has 2 atom stereocenters. The number of hydrogen-bond donors (Lipinski definition) is 0. The molecule has 0 saturated heterocycles. The molecule has 33 heavy (non-hydrogen) atoms. The fraction of sp³-hybridized carbons (Fsp3) is 0.214. The Morgan fingerprint density at radius 2 is 1.55 bits per heavy atom. The number of rotatable bonds is 7. The topological polar surface area (TPSA) is 37.4 Å². The van der Waals surface area contributed by atoms with Gasteiger partial charge in [-0.2, -0.15) is 0 Å². The van der Waals surface area contributed by atoms with Crippen LogP contribution in [0.25, 0.3) is 6.08 Å². The van der Waals surface area contributed by atoms with Crippen LogP contribution in [0.2, 0.25) is 0 Å². The Balaban J connectivity index is 1.82. The van der Waals surface area contributed by atoms with Gasteiger partial charge in [-0.05, 0) is 48.4 Å². The Labute approximate surface area is 201 Å². The molecule has 3 aromatic carbocycles. The summed E-state index contributed by atoms with van der Waals surface area (Å²) in [5.74, 6) is 0.983. The summed E-state index contributed by atoms with van der Waals surface area (Å²) >= 11 is 1.68. The Hall–Kier alpha value is -2.76. The summed E-state index contributed by atoms with van der Waals surface area (Å²) < 4.78 is 29.4. The zero-order chi connectivity index (χ0) is 23.3. The summed E-state index contributed by atoms with van der Waals surface area (Å²) in [6.45, 7) is 4.04. The van der Waals surface area contributed by atoms with E-state index in [0.717, 1.165) is 23.3 Å². The van der Waals surface area contributed by atoms with Crippen molar-refractivity contribution in [1.82, 2.24) is 4.31 Å². The minimum absolute atomic E-state index is 0.148. The minimum atomic E-state index is -3.72. The Morgan fingerprint density at radius 3 is 2.18 bits per heavy atom. The lowest BCUT2D eigenvalue weighted by Gasteiger charge is -2.39. The second-order valence-electron chi connectivity index (χ2n) is 8.11. The molecule has 1 aliphatic heterocycles. The van der Waals surface area contributed by atoms with Crippen LogP contribution in [-0.2, 0) is 10.0 Å². The van der Waals surface area contributed by atoms with Gasteiger partial charge in [-0.15, -0.1) is 11.8 Å². The zero-order valence-corrected chi connectivity index (χ0v) is 20.6. The zero-order valence-electron chi connectivity index (χ0n) is 19.0. The van der Waals surface area contributed by atoms with E-state index in [0.29, 0.717) is 10.6 Å². The van der Waals surface area contributed by atoms with Gasteiger partial charge in [0.15, 0.2) is 0 Å². The van der Waals surface area contributed by atoms with Crippen LogP contribution in [0.4, 0.5) is 0 Å². The standard InChI is InChI=1S/C28H29NO2S2/c1-3-32-28-21-25(24-12-8-5-9-13-24)20-26(17-16-23-10-6-4-7-11-23)29(28)33(30,31)27-18-14-22(2)15-19-27/h4-20,25,28H,3,21H2,1-2H3/b17-16-/t25-,28-/m1/s1. The summed E-state index contributed by atoms with van der Waals surface area (Å²) in [5.41, 5.74) is 3.99. The van der Waals surface area contributed by atoms with E-state index in [1.807, 2.05) is 79.7 Å². The second-order valence-corrected chi connectivity index (χ2v) is 11.4. The van der Waals surface area contributed by atoms with Gasteiger partial charge in [0.1, 0.15) is 0 Å². The van der Waals surface area contributed by atoms with Crippen molar-refractivity contribution in [3.63, 3.8) is 0 Å². The van der Waals surface area contributed by atoms with E-state index in [1.54, 1.807) is 28.2 Å². The first-order chi connectivity index (χ1) is 16.0.